The molecule has 3 aliphatic carbocycles. The van der Waals surface area contributed by atoms with Crippen LogP contribution in [0.15, 0.2) is 65.8 Å². The fraction of sp³-hybridized carbons (Fsp3) is 0.292. The molecule has 1 heterocycles. The number of ether oxygens (including phenoxy) is 1. The predicted molar refractivity (Wildman–Crippen MR) is 114 cm³/mol. The minimum Gasteiger partial charge on any atom is -0.488 e. The number of para-hydroxylation sites is 1. The van der Waals surface area contributed by atoms with Gasteiger partial charge in [0, 0.05) is 16.1 Å². The molecular weight excluding hydrogens is 400 g/mol. The van der Waals surface area contributed by atoms with E-state index in [1.54, 1.807) is 0 Å². The number of imide groups is 1. The lowest BCUT2D eigenvalue weighted by molar-refractivity contribution is -0.140. The van der Waals surface area contributed by atoms with Gasteiger partial charge in [-0.15, -0.1) is 0 Å². The number of hydrazone groups is 1. The number of rotatable bonds is 5. The van der Waals surface area contributed by atoms with Crippen LogP contribution in [0.1, 0.15) is 24.0 Å². The summed E-state index contributed by atoms with van der Waals surface area (Å²) in [5, 5.41) is 5.99. The number of hydrogen-bond acceptors (Lipinski definition) is 4. The highest BCUT2D eigenvalue weighted by atomic mass is 35.5. The molecule has 0 spiro atoms. The van der Waals surface area contributed by atoms with Gasteiger partial charge in [0.2, 0.25) is 0 Å². The molecule has 152 valence electrons. The summed E-state index contributed by atoms with van der Waals surface area (Å²) in [6.07, 6.45) is 7.68. The Hall–Kier alpha value is -2.92. The van der Waals surface area contributed by atoms with Crippen molar-refractivity contribution in [3.63, 3.8) is 0 Å². The van der Waals surface area contributed by atoms with Crippen LogP contribution in [-0.4, -0.2) is 23.0 Å². The molecule has 1 aliphatic heterocycles. The molecule has 2 fully saturated rings. The molecule has 0 N–H and O–H groups in total. The predicted octanol–water partition coefficient (Wildman–Crippen LogP) is 4.45. The first kappa shape index (κ1) is 19.1. The molecule has 2 aromatic rings. The molecular formula is C24H21ClN2O3. The zero-order chi connectivity index (χ0) is 20.7. The number of allylic oxidation sites excluding steroid dienone is 2. The summed E-state index contributed by atoms with van der Waals surface area (Å²) in [6.45, 7) is 0.311. The van der Waals surface area contributed by atoms with E-state index in [2.05, 4.69) is 17.3 Å². The second-order valence-corrected chi connectivity index (χ2v) is 8.40. The van der Waals surface area contributed by atoms with Crippen molar-refractivity contribution in [3.05, 3.63) is 76.8 Å². The molecule has 4 atom stereocenters. The summed E-state index contributed by atoms with van der Waals surface area (Å²) >= 11 is 6.21. The van der Waals surface area contributed by atoms with Gasteiger partial charge in [-0.25, -0.2) is 0 Å². The molecule has 6 heteroatoms. The van der Waals surface area contributed by atoms with Gasteiger partial charge < -0.3 is 4.74 Å². The average molecular weight is 421 g/mol. The highest BCUT2D eigenvalue weighted by Crippen LogP contribution is 2.49. The third-order valence-electron chi connectivity index (χ3n) is 6.31. The number of hydrogen-bond donors (Lipinski definition) is 0. The summed E-state index contributed by atoms with van der Waals surface area (Å²) in [7, 11) is 0. The Labute approximate surface area is 180 Å². The third-order valence-corrected chi connectivity index (χ3v) is 6.68. The van der Waals surface area contributed by atoms with E-state index >= 15 is 0 Å². The van der Waals surface area contributed by atoms with E-state index in [-0.39, 0.29) is 35.5 Å². The first-order valence-corrected chi connectivity index (χ1v) is 10.6. The van der Waals surface area contributed by atoms with Crippen LogP contribution >= 0.6 is 11.6 Å². The molecule has 30 heavy (non-hydrogen) atoms. The molecule has 2 bridgehead atoms. The quantitative estimate of drug-likeness (QED) is 0.408. The molecule has 0 radical (unpaired) electrons. The van der Waals surface area contributed by atoms with Gasteiger partial charge in [-0.1, -0.05) is 54.1 Å². The van der Waals surface area contributed by atoms with E-state index in [0.717, 1.165) is 23.4 Å². The molecule has 1 saturated heterocycles. The van der Waals surface area contributed by atoms with E-state index in [1.807, 2.05) is 48.5 Å². The van der Waals surface area contributed by atoms with Gasteiger partial charge in [-0.2, -0.15) is 10.1 Å². The highest BCUT2D eigenvalue weighted by Gasteiger charge is 2.56. The summed E-state index contributed by atoms with van der Waals surface area (Å²) in [5.74, 6) is 0.0324. The topological polar surface area (TPSA) is 59.0 Å². The van der Waals surface area contributed by atoms with Crippen molar-refractivity contribution in [2.75, 3.05) is 0 Å². The monoisotopic (exact) mass is 420 g/mol. The molecule has 6 rings (SSSR count). The van der Waals surface area contributed by atoms with Gasteiger partial charge in [0.1, 0.15) is 12.4 Å². The largest absolute Gasteiger partial charge is 0.488 e. The molecule has 4 aliphatic rings. The van der Waals surface area contributed by atoms with Crippen LogP contribution in [-0.2, 0) is 16.2 Å². The number of carbonyl (C=O) groups excluding carboxylic acids is 2. The van der Waals surface area contributed by atoms with E-state index in [9.17, 15) is 9.59 Å². The van der Waals surface area contributed by atoms with Crippen molar-refractivity contribution in [1.82, 2.24) is 5.01 Å². The fourth-order valence-electron chi connectivity index (χ4n) is 4.78. The van der Waals surface area contributed by atoms with Crippen LogP contribution in [0.4, 0.5) is 0 Å². The Balaban J connectivity index is 1.35. The van der Waals surface area contributed by atoms with Gasteiger partial charge in [0.15, 0.2) is 0 Å². The van der Waals surface area contributed by atoms with Crippen LogP contribution < -0.4 is 4.74 Å². The number of carbonyl (C=O) groups is 2. The van der Waals surface area contributed by atoms with Crippen molar-refractivity contribution in [2.45, 2.75) is 19.4 Å². The van der Waals surface area contributed by atoms with Crippen LogP contribution in [0.25, 0.3) is 0 Å². The minimum absolute atomic E-state index is 0.155. The van der Waals surface area contributed by atoms with E-state index in [4.69, 9.17) is 16.3 Å². The SMILES string of the molecule is O=C1[C@@H]2[C@@H](C(=O)N1/N=C\c1ccccc1OCc1ccccc1Cl)[C@H]1C=C[C@H]2CC1. The van der Waals surface area contributed by atoms with Crippen molar-refractivity contribution in [2.24, 2.45) is 28.8 Å². The third kappa shape index (κ3) is 3.23. The van der Waals surface area contributed by atoms with Crippen LogP contribution in [0.2, 0.25) is 5.02 Å². The number of halogens is 1. The fourth-order valence-corrected chi connectivity index (χ4v) is 4.97. The van der Waals surface area contributed by atoms with Crippen molar-refractivity contribution < 1.29 is 14.3 Å². The molecule has 2 amide bonds. The van der Waals surface area contributed by atoms with Crippen molar-refractivity contribution >= 4 is 29.6 Å². The van der Waals surface area contributed by atoms with Crippen LogP contribution in [0.5, 0.6) is 5.75 Å². The van der Waals surface area contributed by atoms with Gasteiger partial charge in [0.25, 0.3) is 11.8 Å². The highest BCUT2D eigenvalue weighted by molar-refractivity contribution is 6.31. The number of fused-ring (bicyclic) bond motifs is 1. The summed E-state index contributed by atoms with van der Waals surface area (Å²) in [4.78, 5) is 25.8. The molecule has 2 aromatic carbocycles. The maximum absolute atomic E-state index is 12.9. The average Bonchev–Trinajstić information content (AvgIpc) is 3.05. The van der Waals surface area contributed by atoms with Gasteiger partial charge in [-0.05, 0) is 42.9 Å². The van der Waals surface area contributed by atoms with E-state index in [1.165, 1.54) is 6.21 Å². The first-order chi connectivity index (χ1) is 14.6. The standard InChI is InChI=1S/C24H21ClN2O3/c25-19-7-3-1-6-18(19)14-30-20-8-4-2-5-17(20)13-26-27-23(28)21-15-9-10-16(12-11-15)22(21)24(27)29/h1-10,13,15-16,21-22H,11-12,14H2/b26-13-/t15-,16-,21-,22-/m0/s1. The van der Waals surface area contributed by atoms with E-state index in [0.29, 0.717) is 22.9 Å². The lowest BCUT2D eigenvalue weighted by Crippen LogP contribution is -2.38. The molecule has 0 unspecified atom stereocenters. The van der Waals surface area contributed by atoms with Crippen molar-refractivity contribution in [1.29, 1.82) is 0 Å². The van der Waals surface area contributed by atoms with E-state index < -0.39 is 0 Å². The maximum atomic E-state index is 12.9. The lowest BCUT2D eigenvalue weighted by Gasteiger charge is -2.37. The Morgan fingerprint density at radius 2 is 1.60 bits per heavy atom. The van der Waals surface area contributed by atoms with Gasteiger partial charge in [0.05, 0.1) is 18.1 Å². The Morgan fingerprint density at radius 3 is 2.27 bits per heavy atom. The van der Waals surface area contributed by atoms with Crippen molar-refractivity contribution in [3.8, 4) is 5.75 Å². The Bertz CT molecular complexity index is 1030. The summed E-state index contributed by atoms with van der Waals surface area (Å²) in [6, 6.07) is 14.9. The second-order valence-electron chi connectivity index (χ2n) is 7.99. The van der Waals surface area contributed by atoms with Crippen LogP contribution in [0.3, 0.4) is 0 Å². The number of amides is 2. The summed E-state index contributed by atoms with van der Waals surface area (Å²) < 4.78 is 5.94. The van der Waals surface area contributed by atoms with Gasteiger partial charge >= 0.3 is 0 Å². The number of nitrogens with zero attached hydrogens (tertiary/aromatic N) is 2. The molecule has 1 saturated carbocycles. The number of benzene rings is 2. The normalized spacial score (nSPS) is 27.2. The Kier molecular flexibility index (Phi) is 4.91. The summed E-state index contributed by atoms with van der Waals surface area (Å²) in [5.41, 5.74) is 1.57. The molecule has 5 nitrogen and oxygen atoms in total. The second kappa shape index (κ2) is 7.73. The first-order valence-electron chi connectivity index (χ1n) is 10.2. The lowest BCUT2D eigenvalue weighted by atomic mass is 9.63. The minimum atomic E-state index is -0.259. The van der Waals surface area contributed by atoms with Gasteiger partial charge in [-0.3, -0.25) is 9.59 Å². The maximum Gasteiger partial charge on any atom is 0.254 e. The Morgan fingerprint density at radius 1 is 0.967 bits per heavy atom. The van der Waals surface area contributed by atoms with Crippen LogP contribution in [0, 0.1) is 23.7 Å². The zero-order valence-corrected chi connectivity index (χ0v) is 17.0. The molecule has 0 aromatic heterocycles. The zero-order valence-electron chi connectivity index (χ0n) is 16.3. The smallest absolute Gasteiger partial charge is 0.254 e.